The molecule has 2 rings (SSSR count). The van der Waals surface area contributed by atoms with E-state index in [1.165, 1.54) is 0 Å². The third-order valence-corrected chi connectivity index (χ3v) is 3.24. The highest BCUT2D eigenvalue weighted by Gasteiger charge is 2.07. The third-order valence-electron chi connectivity index (χ3n) is 3.24. The molecule has 0 amide bonds. The molecule has 0 aromatic heterocycles. The molecule has 0 bridgehead atoms. The summed E-state index contributed by atoms with van der Waals surface area (Å²) < 4.78 is 0. The number of hydrogen-bond acceptors (Lipinski definition) is 4. The Morgan fingerprint density at radius 2 is 1.70 bits per heavy atom. The summed E-state index contributed by atoms with van der Waals surface area (Å²) in [7, 11) is 1.85. The Morgan fingerprint density at radius 1 is 1.05 bits per heavy atom. The molecule has 0 aliphatic heterocycles. The Kier molecular flexibility index (Phi) is 4.48. The minimum absolute atomic E-state index is 0.0371. The van der Waals surface area contributed by atoms with Gasteiger partial charge in [0.2, 0.25) is 0 Å². The van der Waals surface area contributed by atoms with Crippen molar-refractivity contribution in [3.8, 4) is 5.75 Å². The molecule has 0 radical (unpaired) electrons. The van der Waals surface area contributed by atoms with Crippen LogP contribution in [0.1, 0.15) is 18.1 Å². The highest BCUT2D eigenvalue weighted by molar-refractivity contribution is 5.62. The van der Waals surface area contributed by atoms with Gasteiger partial charge in [0.15, 0.2) is 0 Å². The summed E-state index contributed by atoms with van der Waals surface area (Å²) in [4.78, 5) is 0. The number of hydrogen-bond donors (Lipinski definition) is 3. The molecule has 0 spiro atoms. The van der Waals surface area contributed by atoms with Crippen molar-refractivity contribution in [2.45, 2.75) is 20.0 Å². The Labute approximate surface area is 119 Å². The molecule has 2 aromatic rings. The summed E-state index contributed by atoms with van der Waals surface area (Å²) in [5.74, 6) is 0.256. The topological polar surface area (TPSA) is 55.7 Å². The number of aliphatic hydroxyl groups excluding tert-OH is 1. The van der Waals surface area contributed by atoms with E-state index >= 15 is 0 Å². The van der Waals surface area contributed by atoms with Crippen molar-refractivity contribution < 1.29 is 10.2 Å². The molecule has 0 atom stereocenters. The summed E-state index contributed by atoms with van der Waals surface area (Å²) in [6.45, 7) is 2.09. The maximum Gasteiger partial charge on any atom is 0.140 e. The van der Waals surface area contributed by atoms with Crippen LogP contribution in [0.5, 0.6) is 5.75 Å². The van der Waals surface area contributed by atoms with Gasteiger partial charge in [0.25, 0.3) is 0 Å². The number of anilines is 2. The van der Waals surface area contributed by atoms with Crippen LogP contribution in [0, 0.1) is 0 Å². The van der Waals surface area contributed by atoms with Gasteiger partial charge >= 0.3 is 0 Å². The second-order valence-corrected chi connectivity index (χ2v) is 4.70. The fourth-order valence-electron chi connectivity index (χ4n) is 2.01. The smallest absolute Gasteiger partial charge is 0.140 e. The van der Waals surface area contributed by atoms with Crippen molar-refractivity contribution in [1.82, 2.24) is 0 Å². The Bertz CT molecular complexity index is 567. The highest BCUT2D eigenvalue weighted by Crippen LogP contribution is 2.28. The van der Waals surface area contributed by atoms with E-state index in [0.29, 0.717) is 5.69 Å². The van der Waals surface area contributed by atoms with Crippen molar-refractivity contribution in [3.05, 3.63) is 53.6 Å². The van der Waals surface area contributed by atoms with Crippen LogP contribution in [0.15, 0.2) is 42.5 Å². The van der Waals surface area contributed by atoms with Gasteiger partial charge < -0.3 is 10.2 Å². The lowest BCUT2D eigenvalue weighted by atomic mass is 10.1. The van der Waals surface area contributed by atoms with E-state index in [1.54, 1.807) is 11.1 Å². The lowest BCUT2D eigenvalue weighted by Gasteiger charge is -2.23. The first kappa shape index (κ1) is 14.2. The fraction of sp³-hybridized carbons (Fsp3) is 0.250. The Hall–Kier alpha value is -2.20. The summed E-state index contributed by atoms with van der Waals surface area (Å²) in [6, 6.07) is 13.2. The molecule has 0 aliphatic rings. The maximum atomic E-state index is 10.0. The number of aryl methyl sites for hydroxylation is 1. The third kappa shape index (κ3) is 3.22. The van der Waals surface area contributed by atoms with E-state index < -0.39 is 0 Å². The number of benzene rings is 2. The second-order valence-electron chi connectivity index (χ2n) is 4.70. The summed E-state index contributed by atoms with van der Waals surface area (Å²) >= 11 is 0. The average molecular weight is 272 g/mol. The van der Waals surface area contributed by atoms with Gasteiger partial charge in [0, 0.05) is 7.05 Å². The van der Waals surface area contributed by atoms with E-state index in [9.17, 15) is 5.11 Å². The normalized spacial score (nSPS) is 10.3. The van der Waals surface area contributed by atoms with Crippen LogP contribution < -0.4 is 10.4 Å². The molecule has 3 N–H and O–H groups in total. The van der Waals surface area contributed by atoms with E-state index in [-0.39, 0.29) is 12.4 Å². The standard InChI is InChI=1S/C16H20N2O2/c1-3-12-6-9-15(16(20)10-12)18(2)17-14-7-4-13(11-19)5-8-14/h4-10,17,19-20H,3,11H2,1-2H3. The summed E-state index contributed by atoms with van der Waals surface area (Å²) in [5, 5.41) is 20.8. The molecule has 4 heteroatoms. The lowest BCUT2D eigenvalue weighted by Crippen LogP contribution is -2.24. The molecule has 0 saturated carbocycles. The Balaban J connectivity index is 2.12. The summed E-state index contributed by atoms with van der Waals surface area (Å²) in [5.41, 5.74) is 6.76. The molecular weight excluding hydrogens is 252 g/mol. The number of aliphatic hydroxyl groups is 1. The van der Waals surface area contributed by atoms with E-state index in [2.05, 4.69) is 12.3 Å². The van der Waals surface area contributed by atoms with E-state index in [1.807, 2.05) is 43.4 Å². The summed E-state index contributed by atoms with van der Waals surface area (Å²) in [6.07, 6.45) is 0.896. The van der Waals surface area contributed by atoms with Gasteiger partial charge in [-0.15, -0.1) is 0 Å². The predicted molar refractivity (Wildman–Crippen MR) is 81.9 cm³/mol. The molecule has 0 saturated heterocycles. The number of nitrogens with one attached hydrogen (secondary N) is 1. The number of aromatic hydroxyl groups is 1. The Morgan fingerprint density at radius 3 is 2.25 bits per heavy atom. The van der Waals surface area contributed by atoms with Crippen LogP contribution in [-0.4, -0.2) is 17.3 Å². The van der Waals surface area contributed by atoms with Crippen LogP contribution in [-0.2, 0) is 13.0 Å². The largest absolute Gasteiger partial charge is 0.506 e. The van der Waals surface area contributed by atoms with Gasteiger partial charge in [-0.05, 0) is 41.8 Å². The molecule has 2 aromatic carbocycles. The number of rotatable bonds is 5. The SMILES string of the molecule is CCc1ccc(N(C)Nc2ccc(CO)cc2)c(O)c1. The van der Waals surface area contributed by atoms with Crippen LogP contribution >= 0.6 is 0 Å². The van der Waals surface area contributed by atoms with Gasteiger partial charge in [0.1, 0.15) is 5.75 Å². The molecule has 20 heavy (non-hydrogen) atoms. The molecule has 4 nitrogen and oxygen atoms in total. The average Bonchev–Trinajstić information content (AvgIpc) is 2.47. The second kappa shape index (κ2) is 6.30. The van der Waals surface area contributed by atoms with Crippen molar-refractivity contribution in [2.24, 2.45) is 0 Å². The first-order chi connectivity index (χ1) is 9.63. The number of hydrazine groups is 1. The van der Waals surface area contributed by atoms with Gasteiger partial charge in [-0.2, -0.15) is 0 Å². The lowest BCUT2D eigenvalue weighted by molar-refractivity contribution is 0.282. The molecule has 0 heterocycles. The van der Waals surface area contributed by atoms with Crippen molar-refractivity contribution in [3.63, 3.8) is 0 Å². The van der Waals surface area contributed by atoms with Crippen LogP contribution in [0.25, 0.3) is 0 Å². The first-order valence-electron chi connectivity index (χ1n) is 6.66. The van der Waals surface area contributed by atoms with E-state index in [0.717, 1.165) is 23.2 Å². The predicted octanol–water partition coefficient (Wildman–Crippen LogP) is 2.91. The van der Waals surface area contributed by atoms with Crippen molar-refractivity contribution >= 4 is 11.4 Å². The van der Waals surface area contributed by atoms with Crippen LogP contribution in [0.4, 0.5) is 11.4 Å². The molecule has 0 fully saturated rings. The molecule has 0 aliphatic carbocycles. The maximum absolute atomic E-state index is 10.0. The van der Waals surface area contributed by atoms with Crippen LogP contribution in [0.2, 0.25) is 0 Å². The quantitative estimate of drug-likeness (QED) is 0.733. The zero-order valence-corrected chi connectivity index (χ0v) is 11.8. The first-order valence-corrected chi connectivity index (χ1v) is 6.66. The number of nitrogens with zero attached hydrogens (tertiary/aromatic N) is 1. The van der Waals surface area contributed by atoms with Gasteiger partial charge in [-0.3, -0.25) is 10.4 Å². The van der Waals surface area contributed by atoms with Crippen molar-refractivity contribution in [1.29, 1.82) is 0 Å². The molecule has 0 unspecified atom stereocenters. The zero-order valence-electron chi connectivity index (χ0n) is 11.8. The van der Waals surface area contributed by atoms with Gasteiger partial charge in [-0.1, -0.05) is 25.1 Å². The van der Waals surface area contributed by atoms with Gasteiger partial charge in [0.05, 0.1) is 18.0 Å². The fourth-order valence-corrected chi connectivity index (χ4v) is 2.01. The highest BCUT2D eigenvalue weighted by atomic mass is 16.3. The minimum atomic E-state index is 0.0371. The van der Waals surface area contributed by atoms with Crippen LogP contribution in [0.3, 0.4) is 0 Å². The number of phenolic OH excluding ortho intramolecular Hbond substituents is 1. The van der Waals surface area contributed by atoms with Gasteiger partial charge in [-0.25, -0.2) is 0 Å². The monoisotopic (exact) mass is 272 g/mol. The van der Waals surface area contributed by atoms with E-state index in [4.69, 9.17) is 5.11 Å². The zero-order chi connectivity index (χ0) is 14.5. The molecule has 106 valence electrons. The van der Waals surface area contributed by atoms with Crippen molar-refractivity contribution in [2.75, 3.05) is 17.5 Å². The molecular formula is C16H20N2O2. The number of phenols is 1. The minimum Gasteiger partial charge on any atom is -0.506 e.